The van der Waals surface area contributed by atoms with Gasteiger partial charge in [-0.15, -0.1) is 0 Å². The van der Waals surface area contributed by atoms with Crippen LogP contribution in [0.15, 0.2) is 0 Å². The lowest BCUT2D eigenvalue weighted by Crippen LogP contribution is -2.45. The van der Waals surface area contributed by atoms with Crippen molar-refractivity contribution in [2.24, 2.45) is 11.1 Å². The van der Waals surface area contributed by atoms with Crippen molar-refractivity contribution in [2.75, 3.05) is 46.6 Å². The van der Waals surface area contributed by atoms with Gasteiger partial charge >= 0.3 is 0 Å². The van der Waals surface area contributed by atoms with Gasteiger partial charge in [0, 0.05) is 20.2 Å². The van der Waals surface area contributed by atoms with Crippen molar-refractivity contribution in [3.8, 4) is 0 Å². The van der Waals surface area contributed by atoms with E-state index < -0.39 is 0 Å². The number of nitrogens with zero attached hydrogens (tertiary/aromatic N) is 1. The van der Waals surface area contributed by atoms with Crippen molar-refractivity contribution in [1.29, 1.82) is 0 Å². The molecule has 1 aliphatic rings. The Morgan fingerprint density at radius 1 is 1.35 bits per heavy atom. The Kier molecular flexibility index (Phi) is 5.88. The molecule has 0 radical (unpaired) electrons. The Morgan fingerprint density at radius 3 is 2.53 bits per heavy atom. The smallest absolute Gasteiger partial charge is 0.248 e. The fourth-order valence-corrected chi connectivity index (χ4v) is 1.89. The van der Waals surface area contributed by atoms with Gasteiger partial charge in [-0.3, -0.25) is 4.79 Å². The molecule has 100 valence electrons. The molecule has 0 spiro atoms. The Morgan fingerprint density at radius 2 is 2.00 bits per heavy atom. The predicted molar refractivity (Wildman–Crippen MR) is 65.7 cm³/mol. The van der Waals surface area contributed by atoms with Gasteiger partial charge in [-0.2, -0.15) is 0 Å². The molecule has 1 heterocycles. The second-order valence-corrected chi connectivity index (χ2v) is 4.94. The minimum Gasteiger partial charge on any atom is -0.382 e. The van der Waals surface area contributed by atoms with Gasteiger partial charge in [-0.1, -0.05) is 6.92 Å². The van der Waals surface area contributed by atoms with Crippen LogP contribution in [0.1, 0.15) is 19.8 Å². The molecule has 0 unspecified atom stereocenters. The first-order valence-electron chi connectivity index (χ1n) is 6.16. The number of nitrogens with two attached hydrogens (primary N) is 1. The van der Waals surface area contributed by atoms with Crippen LogP contribution in [0, 0.1) is 5.41 Å². The van der Waals surface area contributed by atoms with E-state index in [1.807, 2.05) is 4.90 Å². The van der Waals surface area contributed by atoms with Gasteiger partial charge in [0.2, 0.25) is 5.91 Å². The zero-order valence-electron chi connectivity index (χ0n) is 10.9. The highest BCUT2D eigenvalue weighted by Gasteiger charge is 2.30. The molecule has 1 aliphatic heterocycles. The normalized spacial score (nSPS) is 19.4. The second kappa shape index (κ2) is 6.93. The van der Waals surface area contributed by atoms with Crippen LogP contribution < -0.4 is 5.73 Å². The quantitative estimate of drug-likeness (QED) is 0.680. The third kappa shape index (κ3) is 4.61. The molecule has 0 bridgehead atoms. The molecule has 0 saturated carbocycles. The van der Waals surface area contributed by atoms with E-state index in [0.29, 0.717) is 19.8 Å². The Labute approximate surface area is 103 Å². The van der Waals surface area contributed by atoms with E-state index in [4.69, 9.17) is 15.2 Å². The average molecular weight is 244 g/mol. The van der Waals surface area contributed by atoms with Gasteiger partial charge in [-0.25, -0.2) is 0 Å². The van der Waals surface area contributed by atoms with E-state index in [0.717, 1.165) is 25.9 Å². The van der Waals surface area contributed by atoms with Gasteiger partial charge in [0.05, 0.1) is 13.2 Å². The van der Waals surface area contributed by atoms with E-state index in [2.05, 4.69) is 6.92 Å². The number of likely N-dealkylation sites (tertiary alicyclic amines) is 1. The molecule has 1 amide bonds. The predicted octanol–water partition coefficient (Wildman–Crippen LogP) is 0.237. The molecule has 0 aromatic carbocycles. The van der Waals surface area contributed by atoms with Gasteiger partial charge in [0.25, 0.3) is 0 Å². The summed E-state index contributed by atoms with van der Waals surface area (Å²) in [6.07, 6.45) is 1.96. The maximum Gasteiger partial charge on any atom is 0.248 e. The van der Waals surface area contributed by atoms with Crippen molar-refractivity contribution in [3.63, 3.8) is 0 Å². The van der Waals surface area contributed by atoms with E-state index in [9.17, 15) is 4.79 Å². The summed E-state index contributed by atoms with van der Waals surface area (Å²) in [5.74, 6) is 0.0696. The van der Waals surface area contributed by atoms with Gasteiger partial charge in [0.15, 0.2) is 0 Å². The zero-order valence-corrected chi connectivity index (χ0v) is 10.9. The molecule has 1 rings (SSSR count). The highest BCUT2D eigenvalue weighted by atomic mass is 16.5. The Hall–Kier alpha value is -0.650. The minimum absolute atomic E-state index is 0.0696. The van der Waals surface area contributed by atoms with Crippen molar-refractivity contribution >= 4 is 5.91 Å². The standard InChI is InChI=1S/C12H24N2O3/c1-12(10-13)3-5-14(6-4-12)11(15)9-17-8-7-16-2/h3-10,13H2,1-2H3. The van der Waals surface area contributed by atoms with E-state index in [1.165, 1.54) is 0 Å². The van der Waals surface area contributed by atoms with Gasteiger partial charge in [0.1, 0.15) is 6.61 Å². The lowest BCUT2D eigenvalue weighted by atomic mass is 9.80. The molecule has 0 aromatic heterocycles. The molecule has 0 aliphatic carbocycles. The maximum absolute atomic E-state index is 11.8. The van der Waals surface area contributed by atoms with E-state index in [-0.39, 0.29) is 17.9 Å². The first kappa shape index (κ1) is 14.4. The van der Waals surface area contributed by atoms with Crippen molar-refractivity contribution in [3.05, 3.63) is 0 Å². The number of rotatable bonds is 6. The van der Waals surface area contributed by atoms with Crippen LogP contribution in [-0.2, 0) is 14.3 Å². The number of ether oxygens (including phenoxy) is 2. The summed E-state index contributed by atoms with van der Waals surface area (Å²) in [5, 5.41) is 0. The fourth-order valence-electron chi connectivity index (χ4n) is 1.89. The number of carbonyl (C=O) groups is 1. The molecule has 1 fully saturated rings. The number of carbonyl (C=O) groups excluding carboxylic acids is 1. The summed E-state index contributed by atoms with van der Waals surface area (Å²) in [7, 11) is 1.61. The Balaban J connectivity index is 2.22. The summed E-state index contributed by atoms with van der Waals surface area (Å²) >= 11 is 0. The largest absolute Gasteiger partial charge is 0.382 e. The molecule has 5 heteroatoms. The maximum atomic E-state index is 11.8. The molecule has 1 saturated heterocycles. The minimum atomic E-state index is 0.0696. The molecular weight excluding hydrogens is 220 g/mol. The third-order valence-electron chi connectivity index (χ3n) is 3.47. The van der Waals surface area contributed by atoms with Crippen LogP contribution in [0.3, 0.4) is 0 Å². The van der Waals surface area contributed by atoms with Crippen molar-refractivity contribution in [1.82, 2.24) is 4.90 Å². The summed E-state index contributed by atoms with van der Waals surface area (Å²) in [5.41, 5.74) is 5.93. The second-order valence-electron chi connectivity index (χ2n) is 4.94. The van der Waals surface area contributed by atoms with Gasteiger partial charge < -0.3 is 20.1 Å². The molecule has 0 aromatic rings. The number of hydrogen-bond donors (Lipinski definition) is 1. The molecular formula is C12H24N2O3. The van der Waals surface area contributed by atoms with Crippen LogP contribution in [-0.4, -0.2) is 57.4 Å². The highest BCUT2D eigenvalue weighted by Crippen LogP contribution is 2.29. The summed E-state index contributed by atoms with van der Waals surface area (Å²) in [4.78, 5) is 13.7. The van der Waals surface area contributed by atoms with Gasteiger partial charge in [-0.05, 0) is 24.8 Å². The van der Waals surface area contributed by atoms with E-state index >= 15 is 0 Å². The highest BCUT2D eigenvalue weighted by molar-refractivity contribution is 5.77. The first-order chi connectivity index (χ1) is 8.11. The molecule has 2 N–H and O–H groups in total. The monoisotopic (exact) mass is 244 g/mol. The topological polar surface area (TPSA) is 64.8 Å². The third-order valence-corrected chi connectivity index (χ3v) is 3.47. The van der Waals surface area contributed by atoms with Crippen LogP contribution in [0.4, 0.5) is 0 Å². The molecule has 0 atom stereocenters. The van der Waals surface area contributed by atoms with Crippen LogP contribution in [0.2, 0.25) is 0 Å². The first-order valence-corrected chi connectivity index (χ1v) is 6.16. The van der Waals surface area contributed by atoms with Crippen LogP contribution in [0.25, 0.3) is 0 Å². The summed E-state index contributed by atoms with van der Waals surface area (Å²) < 4.78 is 10.1. The average Bonchev–Trinajstić information content (AvgIpc) is 2.35. The fraction of sp³-hybridized carbons (Fsp3) is 0.917. The molecule has 17 heavy (non-hydrogen) atoms. The number of methoxy groups -OCH3 is 1. The Bertz CT molecular complexity index is 238. The SMILES string of the molecule is COCCOCC(=O)N1CCC(C)(CN)CC1. The van der Waals surface area contributed by atoms with Crippen molar-refractivity contribution < 1.29 is 14.3 Å². The number of hydrogen-bond acceptors (Lipinski definition) is 4. The number of piperidine rings is 1. The van der Waals surface area contributed by atoms with Crippen molar-refractivity contribution in [2.45, 2.75) is 19.8 Å². The summed E-state index contributed by atoms with van der Waals surface area (Å²) in [6, 6.07) is 0. The molecule has 5 nitrogen and oxygen atoms in total. The lowest BCUT2D eigenvalue weighted by Gasteiger charge is -2.38. The zero-order chi connectivity index (χ0) is 12.7. The van der Waals surface area contributed by atoms with Crippen LogP contribution >= 0.6 is 0 Å². The summed E-state index contributed by atoms with van der Waals surface area (Å²) in [6.45, 7) is 5.61. The van der Waals surface area contributed by atoms with E-state index in [1.54, 1.807) is 7.11 Å². The van der Waals surface area contributed by atoms with Crippen LogP contribution in [0.5, 0.6) is 0 Å². The number of amides is 1. The lowest BCUT2D eigenvalue weighted by molar-refractivity contribution is -0.138.